The number of hydrogen-bond donors (Lipinski definition) is 2. The highest BCUT2D eigenvalue weighted by Gasteiger charge is 2.20. The molecule has 0 atom stereocenters. The minimum atomic E-state index is -0.461. The van der Waals surface area contributed by atoms with Gasteiger partial charge in [0.2, 0.25) is 5.91 Å². The van der Waals surface area contributed by atoms with Gasteiger partial charge in [0.15, 0.2) is 5.88 Å². The molecule has 1 amide bonds. The Morgan fingerprint density at radius 1 is 0.860 bits per heavy atom. The van der Waals surface area contributed by atoms with E-state index in [1.165, 1.54) is 12.7 Å². The fourth-order valence-corrected chi connectivity index (χ4v) is 4.98. The number of aromatic nitrogens is 1. The van der Waals surface area contributed by atoms with Crippen LogP contribution in [0.15, 0.2) is 108 Å². The van der Waals surface area contributed by atoms with Crippen LogP contribution in [-0.2, 0) is 16.1 Å². The molecule has 5 rings (SSSR count). The van der Waals surface area contributed by atoms with Crippen LogP contribution in [0, 0.1) is 0 Å². The number of aromatic amines is 1. The Bertz CT molecular complexity index is 1750. The third-order valence-corrected chi connectivity index (χ3v) is 7.34. The third-order valence-electron chi connectivity index (χ3n) is 7.34. The smallest absolute Gasteiger partial charge is 0.337 e. The van der Waals surface area contributed by atoms with Crippen molar-refractivity contribution in [2.75, 3.05) is 32.6 Å². The Morgan fingerprint density at radius 3 is 2.21 bits per heavy atom. The fraction of sp³-hybridized carbons (Fsp3) is 0.171. The predicted octanol–water partition coefficient (Wildman–Crippen LogP) is 6.31. The number of methoxy groups -OCH3 is 1. The molecule has 8 nitrogen and oxygen atoms in total. The molecule has 2 N–H and O–H groups in total. The number of amides is 1. The van der Waals surface area contributed by atoms with Crippen LogP contribution in [0.5, 0.6) is 5.88 Å². The van der Waals surface area contributed by atoms with E-state index < -0.39 is 5.97 Å². The number of anilines is 1. The van der Waals surface area contributed by atoms with Gasteiger partial charge in [-0.25, -0.2) is 9.79 Å². The molecule has 0 radical (unpaired) electrons. The van der Waals surface area contributed by atoms with Crippen LogP contribution >= 0.6 is 0 Å². The summed E-state index contributed by atoms with van der Waals surface area (Å²) < 4.78 is 4.84. The maximum Gasteiger partial charge on any atom is 0.337 e. The van der Waals surface area contributed by atoms with Crippen LogP contribution < -0.4 is 4.90 Å². The zero-order valence-corrected chi connectivity index (χ0v) is 24.4. The molecule has 0 aliphatic carbocycles. The van der Waals surface area contributed by atoms with Crippen molar-refractivity contribution in [1.29, 1.82) is 0 Å². The van der Waals surface area contributed by atoms with Gasteiger partial charge in [0.25, 0.3) is 0 Å². The molecule has 43 heavy (non-hydrogen) atoms. The van der Waals surface area contributed by atoms with Crippen molar-refractivity contribution < 1.29 is 19.4 Å². The lowest BCUT2D eigenvalue weighted by atomic mass is 10.00. The molecule has 0 bridgehead atoms. The van der Waals surface area contributed by atoms with E-state index in [4.69, 9.17) is 9.73 Å². The van der Waals surface area contributed by atoms with Gasteiger partial charge >= 0.3 is 5.97 Å². The SMILES string of the molecule is COC(=O)c1ccc2c(C(=Nc3ccc(N(C)C(=O)CCN(C)Cc4ccccc4)cc3)c3ccccc3)c(O)[nH]c2c1. The van der Waals surface area contributed by atoms with Crippen LogP contribution in [0.2, 0.25) is 0 Å². The van der Waals surface area contributed by atoms with E-state index in [0.717, 1.165) is 17.8 Å². The molecule has 0 spiro atoms. The molecule has 0 aliphatic rings. The first-order chi connectivity index (χ1) is 20.8. The van der Waals surface area contributed by atoms with Crippen LogP contribution in [0.4, 0.5) is 11.4 Å². The summed E-state index contributed by atoms with van der Waals surface area (Å²) in [5.74, 6) is -0.493. The van der Waals surface area contributed by atoms with Crippen LogP contribution in [0.1, 0.15) is 33.5 Å². The summed E-state index contributed by atoms with van der Waals surface area (Å²) in [4.78, 5) is 36.7. The summed E-state index contributed by atoms with van der Waals surface area (Å²) in [6, 6.07) is 32.3. The lowest BCUT2D eigenvalue weighted by molar-refractivity contribution is -0.118. The molecule has 0 unspecified atom stereocenters. The van der Waals surface area contributed by atoms with E-state index in [9.17, 15) is 14.7 Å². The summed E-state index contributed by atoms with van der Waals surface area (Å²) in [5.41, 5.74) is 5.49. The second-order valence-electron chi connectivity index (χ2n) is 10.4. The first kappa shape index (κ1) is 29.3. The number of benzene rings is 4. The summed E-state index contributed by atoms with van der Waals surface area (Å²) in [5, 5.41) is 11.7. The number of esters is 1. The second kappa shape index (κ2) is 13.2. The van der Waals surface area contributed by atoms with E-state index in [2.05, 4.69) is 22.0 Å². The third kappa shape index (κ3) is 6.82. The van der Waals surface area contributed by atoms with Gasteiger partial charge in [0.05, 0.1) is 29.6 Å². The second-order valence-corrected chi connectivity index (χ2v) is 10.4. The van der Waals surface area contributed by atoms with Crippen molar-refractivity contribution in [3.63, 3.8) is 0 Å². The zero-order valence-electron chi connectivity index (χ0n) is 24.4. The fourth-order valence-electron chi connectivity index (χ4n) is 4.98. The lowest BCUT2D eigenvalue weighted by Gasteiger charge is -2.21. The number of H-pyrrole nitrogens is 1. The monoisotopic (exact) mass is 574 g/mol. The van der Waals surface area contributed by atoms with Gasteiger partial charge in [-0.2, -0.15) is 0 Å². The van der Waals surface area contributed by atoms with Crippen molar-refractivity contribution in [3.8, 4) is 5.88 Å². The summed E-state index contributed by atoms with van der Waals surface area (Å²) in [6.07, 6.45) is 0.398. The van der Waals surface area contributed by atoms with Gasteiger partial charge in [-0.05, 0) is 49.0 Å². The molecule has 5 aromatic rings. The molecule has 1 aromatic heterocycles. The molecule has 0 saturated carbocycles. The molecule has 0 aliphatic heterocycles. The molecule has 4 aromatic carbocycles. The first-order valence-electron chi connectivity index (χ1n) is 14.0. The average Bonchev–Trinajstić information content (AvgIpc) is 3.37. The standard InChI is InChI=1S/C35H34N4O4/c1-38(23-24-10-6-4-7-11-24)21-20-31(40)39(2)28-17-15-27(16-18-28)36-33(25-12-8-5-9-13-25)32-29-19-14-26(35(42)43-3)22-30(29)37-34(32)41/h4-19,22,37,41H,20-21,23H2,1-3H3. The number of hydrogen-bond acceptors (Lipinski definition) is 6. The van der Waals surface area contributed by atoms with E-state index in [1.54, 1.807) is 30.1 Å². The van der Waals surface area contributed by atoms with E-state index >= 15 is 0 Å². The first-order valence-corrected chi connectivity index (χ1v) is 14.0. The number of fused-ring (bicyclic) bond motifs is 1. The molecule has 218 valence electrons. The summed E-state index contributed by atoms with van der Waals surface area (Å²) >= 11 is 0. The van der Waals surface area contributed by atoms with Gasteiger partial charge in [0.1, 0.15) is 0 Å². The Labute approximate surface area is 250 Å². The number of nitrogens with zero attached hydrogens (tertiary/aromatic N) is 3. The topological polar surface area (TPSA) is 98.2 Å². The van der Waals surface area contributed by atoms with Gasteiger partial charge in [0, 0.05) is 48.7 Å². The maximum absolute atomic E-state index is 13.0. The van der Waals surface area contributed by atoms with Gasteiger partial charge < -0.3 is 24.6 Å². The van der Waals surface area contributed by atoms with Crippen LogP contribution in [0.25, 0.3) is 10.9 Å². The maximum atomic E-state index is 13.0. The minimum Gasteiger partial charge on any atom is -0.494 e. The number of nitrogens with one attached hydrogen (secondary N) is 1. The van der Waals surface area contributed by atoms with Crippen LogP contribution in [-0.4, -0.2) is 60.3 Å². The normalized spacial score (nSPS) is 11.6. The highest BCUT2D eigenvalue weighted by Crippen LogP contribution is 2.32. The molecule has 0 fully saturated rings. The highest BCUT2D eigenvalue weighted by atomic mass is 16.5. The van der Waals surface area contributed by atoms with E-state index in [0.29, 0.717) is 46.4 Å². The number of aromatic hydroxyl groups is 1. The van der Waals surface area contributed by atoms with E-state index in [1.807, 2.05) is 79.8 Å². The van der Waals surface area contributed by atoms with Crippen molar-refractivity contribution in [2.24, 2.45) is 4.99 Å². The highest BCUT2D eigenvalue weighted by molar-refractivity contribution is 6.22. The van der Waals surface area contributed by atoms with Crippen molar-refractivity contribution in [2.45, 2.75) is 13.0 Å². The number of ether oxygens (including phenoxy) is 1. The average molecular weight is 575 g/mol. The molecular weight excluding hydrogens is 540 g/mol. The zero-order chi connectivity index (χ0) is 30.3. The largest absolute Gasteiger partial charge is 0.494 e. The Kier molecular flexibility index (Phi) is 8.98. The summed E-state index contributed by atoms with van der Waals surface area (Å²) in [6.45, 7) is 1.43. The number of rotatable bonds is 10. The Morgan fingerprint density at radius 2 is 1.53 bits per heavy atom. The van der Waals surface area contributed by atoms with Gasteiger partial charge in [-0.1, -0.05) is 66.7 Å². The molecule has 1 heterocycles. The quantitative estimate of drug-likeness (QED) is 0.150. The van der Waals surface area contributed by atoms with Crippen LogP contribution in [0.3, 0.4) is 0 Å². The van der Waals surface area contributed by atoms with Crippen molar-refractivity contribution >= 4 is 39.9 Å². The van der Waals surface area contributed by atoms with Gasteiger partial charge in [-0.3, -0.25) is 4.79 Å². The molecule has 8 heteroatoms. The van der Waals surface area contributed by atoms with Crippen molar-refractivity contribution in [3.05, 3.63) is 125 Å². The van der Waals surface area contributed by atoms with E-state index in [-0.39, 0.29) is 11.8 Å². The molecular formula is C35H34N4O4. The summed E-state index contributed by atoms with van der Waals surface area (Å²) in [7, 11) is 5.12. The predicted molar refractivity (Wildman–Crippen MR) is 170 cm³/mol. The number of carbonyl (C=O) groups is 2. The Balaban J connectivity index is 1.37. The molecule has 0 saturated heterocycles. The minimum absolute atomic E-state index is 0.0242. The lowest BCUT2D eigenvalue weighted by Crippen LogP contribution is -2.30. The number of carbonyl (C=O) groups excluding carboxylic acids is 2. The number of aliphatic imine (C=N–C) groups is 1. The van der Waals surface area contributed by atoms with Crippen molar-refractivity contribution in [1.82, 2.24) is 9.88 Å². The van der Waals surface area contributed by atoms with Gasteiger partial charge in [-0.15, -0.1) is 0 Å². The Hall–Kier alpha value is -5.21.